The Morgan fingerprint density at radius 2 is 1.93 bits per heavy atom. The van der Waals surface area contributed by atoms with Gasteiger partial charge in [0.1, 0.15) is 41.2 Å². The van der Waals surface area contributed by atoms with Gasteiger partial charge in [0.2, 0.25) is 0 Å². The molecule has 2 aromatic heterocycles. The van der Waals surface area contributed by atoms with Crippen molar-refractivity contribution in [3.63, 3.8) is 0 Å². The minimum absolute atomic E-state index is 0.172. The number of aliphatic hydroxyl groups excluding tert-OH is 3. The number of ether oxygens (including phenoxy) is 1. The van der Waals surface area contributed by atoms with Crippen molar-refractivity contribution in [1.29, 1.82) is 0 Å². The fourth-order valence-corrected chi connectivity index (χ4v) is 5.39. The SMILES string of the molecule is OC[C@H]1O[C@H](Sc2cc(Cl)c(F)c(Cl)c2)[C@H](O)[C@@H](n2cc(-c3cscn3)nn2)[C@H]1O. The summed E-state index contributed by atoms with van der Waals surface area (Å²) in [4.78, 5) is 4.61. The van der Waals surface area contributed by atoms with Crippen LogP contribution in [0, 0.1) is 5.82 Å². The standard InChI is InChI=1S/C17H15Cl2FN4O4S2/c18-8-1-7(2-9(19)13(8)20)30-17-16(27)14(15(26)12(4-25)28-17)24-3-10(22-23-24)11-5-29-6-21-11/h1-3,5-6,12,14-17,25-27H,4H2/t12-,14+,15+,16-,17-/m1/s1. The highest BCUT2D eigenvalue weighted by atomic mass is 35.5. The topological polar surface area (TPSA) is 114 Å². The van der Waals surface area contributed by atoms with E-state index in [4.69, 9.17) is 27.9 Å². The molecule has 0 radical (unpaired) electrons. The van der Waals surface area contributed by atoms with Crippen LogP contribution in [0.3, 0.4) is 0 Å². The molecule has 160 valence electrons. The zero-order valence-electron chi connectivity index (χ0n) is 15.0. The number of nitrogens with zero attached hydrogens (tertiary/aromatic N) is 4. The van der Waals surface area contributed by atoms with E-state index in [1.54, 1.807) is 17.1 Å². The summed E-state index contributed by atoms with van der Waals surface area (Å²) in [7, 11) is 0. The van der Waals surface area contributed by atoms with Gasteiger partial charge in [0.25, 0.3) is 0 Å². The fraction of sp³-hybridized carbons (Fsp3) is 0.353. The van der Waals surface area contributed by atoms with Gasteiger partial charge in [-0.2, -0.15) is 0 Å². The summed E-state index contributed by atoms with van der Waals surface area (Å²) < 4.78 is 20.7. The molecule has 4 rings (SSSR count). The van der Waals surface area contributed by atoms with Gasteiger partial charge in [0.05, 0.1) is 28.4 Å². The molecular formula is C17H15Cl2FN4O4S2. The van der Waals surface area contributed by atoms with Gasteiger partial charge < -0.3 is 20.1 Å². The molecule has 1 fully saturated rings. The van der Waals surface area contributed by atoms with Crippen molar-refractivity contribution in [2.24, 2.45) is 0 Å². The molecule has 1 aliphatic rings. The normalized spacial score (nSPS) is 26.8. The van der Waals surface area contributed by atoms with E-state index in [1.165, 1.54) is 28.2 Å². The molecule has 5 atom stereocenters. The Kier molecular flexibility index (Phi) is 6.61. The van der Waals surface area contributed by atoms with E-state index in [0.717, 1.165) is 11.8 Å². The first-order valence-electron chi connectivity index (χ1n) is 8.63. The molecular weight excluding hydrogens is 478 g/mol. The Labute approximate surface area is 188 Å². The molecule has 0 saturated carbocycles. The zero-order valence-corrected chi connectivity index (χ0v) is 18.1. The largest absolute Gasteiger partial charge is 0.394 e. The zero-order chi connectivity index (χ0) is 21.4. The van der Waals surface area contributed by atoms with Crippen LogP contribution in [0.15, 0.2) is 34.1 Å². The lowest BCUT2D eigenvalue weighted by Crippen LogP contribution is -2.55. The second-order valence-electron chi connectivity index (χ2n) is 6.47. The second-order valence-corrected chi connectivity index (χ2v) is 9.18. The third kappa shape index (κ3) is 4.21. The van der Waals surface area contributed by atoms with Gasteiger partial charge >= 0.3 is 0 Å². The molecule has 0 bridgehead atoms. The number of benzene rings is 1. The van der Waals surface area contributed by atoms with E-state index in [0.29, 0.717) is 16.3 Å². The molecule has 13 heteroatoms. The number of hydrogen-bond acceptors (Lipinski definition) is 9. The number of hydrogen-bond donors (Lipinski definition) is 3. The molecule has 3 aromatic rings. The van der Waals surface area contributed by atoms with E-state index in [-0.39, 0.29) is 10.0 Å². The van der Waals surface area contributed by atoms with Crippen LogP contribution < -0.4 is 0 Å². The number of thiazole rings is 1. The molecule has 0 spiro atoms. The number of aliphatic hydroxyl groups is 3. The third-order valence-electron chi connectivity index (χ3n) is 4.57. The maximum Gasteiger partial charge on any atom is 0.160 e. The molecule has 3 N–H and O–H groups in total. The van der Waals surface area contributed by atoms with Gasteiger partial charge in [0, 0.05) is 10.3 Å². The Bertz CT molecular complexity index is 1000. The van der Waals surface area contributed by atoms with Gasteiger partial charge in [0.15, 0.2) is 5.82 Å². The molecule has 0 unspecified atom stereocenters. The number of halogens is 3. The number of thioether (sulfide) groups is 1. The quantitative estimate of drug-likeness (QED) is 0.465. The fourth-order valence-electron chi connectivity index (χ4n) is 3.09. The minimum atomic E-state index is -1.26. The van der Waals surface area contributed by atoms with Gasteiger partial charge in [-0.3, -0.25) is 0 Å². The minimum Gasteiger partial charge on any atom is -0.394 e. The van der Waals surface area contributed by atoms with Crippen LogP contribution in [-0.4, -0.2) is 65.7 Å². The average molecular weight is 493 g/mol. The summed E-state index contributed by atoms with van der Waals surface area (Å²) in [6.45, 7) is -0.486. The van der Waals surface area contributed by atoms with Crippen molar-refractivity contribution in [3.8, 4) is 11.4 Å². The highest BCUT2D eigenvalue weighted by Crippen LogP contribution is 2.40. The van der Waals surface area contributed by atoms with E-state index in [9.17, 15) is 19.7 Å². The first-order chi connectivity index (χ1) is 14.4. The van der Waals surface area contributed by atoms with Crippen LogP contribution in [-0.2, 0) is 4.74 Å². The molecule has 0 aliphatic carbocycles. The Balaban J connectivity index is 1.62. The summed E-state index contributed by atoms with van der Waals surface area (Å²) in [5.74, 6) is -0.744. The van der Waals surface area contributed by atoms with Gasteiger partial charge in [-0.25, -0.2) is 14.1 Å². The van der Waals surface area contributed by atoms with Gasteiger partial charge in [-0.15, -0.1) is 16.4 Å². The monoisotopic (exact) mass is 492 g/mol. The summed E-state index contributed by atoms with van der Waals surface area (Å²) >= 11 is 14.1. The Morgan fingerprint density at radius 1 is 1.20 bits per heavy atom. The number of aromatic nitrogens is 4. The van der Waals surface area contributed by atoms with Crippen molar-refractivity contribution < 1.29 is 24.4 Å². The summed E-state index contributed by atoms with van der Waals surface area (Å²) in [5.41, 5.74) is 1.81. The highest BCUT2D eigenvalue weighted by Gasteiger charge is 2.46. The first-order valence-corrected chi connectivity index (χ1v) is 11.2. The highest BCUT2D eigenvalue weighted by molar-refractivity contribution is 7.99. The summed E-state index contributed by atoms with van der Waals surface area (Å²) in [5, 5.41) is 40.8. The second kappa shape index (κ2) is 9.05. The summed E-state index contributed by atoms with van der Waals surface area (Å²) in [6.07, 6.45) is -1.94. The average Bonchev–Trinajstić information content (AvgIpc) is 3.40. The molecule has 1 aromatic carbocycles. The smallest absolute Gasteiger partial charge is 0.160 e. The van der Waals surface area contributed by atoms with Gasteiger partial charge in [-0.1, -0.05) is 40.2 Å². The van der Waals surface area contributed by atoms with Crippen LogP contribution in [0.2, 0.25) is 10.0 Å². The predicted octanol–water partition coefficient (Wildman–Crippen LogP) is 2.62. The molecule has 1 saturated heterocycles. The number of rotatable bonds is 5. The molecule has 30 heavy (non-hydrogen) atoms. The molecule has 8 nitrogen and oxygen atoms in total. The first kappa shape index (κ1) is 21.9. The van der Waals surface area contributed by atoms with Crippen molar-refractivity contribution in [3.05, 3.63) is 45.1 Å². The van der Waals surface area contributed by atoms with Crippen LogP contribution in [0.5, 0.6) is 0 Å². The lowest BCUT2D eigenvalue weighted by atomic mass is 9.97. The van der Waals surface area contributed by atoms with Crippen LogP contribution in [0.4, 0.5) is 4.39 Å². The van der Waals surface area contributed by atoms with Crippen molar-refractivity contribution >= 4 is 46.3 Å². The predicted molar refractivity (Wildman–Crippen MR) is 110 cm³/mol. The lowest BCUT2D eigenvalue weighted by molar-refractivity contribution is -0.178. The Hall–Kier alpha value is -1.31. The van der Waals surface area contributed by atoms with Crippen molar-refractivity contribution in [2.75, 3.05) is 6.61 Å². The third-order valence-corrected chi connectivity index (χ3v) is 6.84. The van der Waals surface area contributed by atoms with Crippen LogP contribution in [0.1, 0.15) is 6.04 Å². The van der Waals surface area contributed by atoms with Gasteiger partial charge in [-0.05, 0) is 12.1 Å². The van der Waals surface area contributed by atoms with Crippen LogP contribution >= 0.6 is 46.3 Å². The van der Waals surface area contributed by atoms with E-state index < -0.39 is 42.2 Å². The lowest BCUT2D eigenvalue weighted by Gasteiger charge is -2.41. The maximum absolute atomic E-state index is 13.7. The van der Waals surface area contributed by atoms with Crippen LogP contribution in [0.25, 0.3) is 11.4 Å². The Morgan fingerprint density at radius 3 is 2.57 bits per heavy atom. The van der Waals surface area contributed by atoms with E-state index in [1.807, 2.05) is 0 Å². The molecule has 3 heterocycles. The van der Waals surface area contributed by atoms with Crippen molar-refractivity contribution in [2.45, 2.75) is 34.7 Å². The van der Waals surface area contributed by atoms with Crippen molar-refractivity contribution in [1.82, 2.24) is 20.0 Å². The molecule has 1 aliphatic heterocycles. The van der Waals surface area contributed by atoms with E-state index >= 15 is 0 Å². The summed E-state index contributed by atoms with van der Waals surface area (Å²) in [6, 6.07) is 1.75. The van der Waals surface area contributed by atoms with E-state index in [2.05, 4.69) is 15.3 Å². The molecule has 0 amide bonds. The maximum atomic E-state index is 13.7.